The van der Waals surface area contributed by atoms with E-state index in [1.807, 2.05) is 0 Å². The molecule has 1 heterocycles. The third kappa shape index (κ3) is 3.03. The Hall–Kier alpha value is -0.220. The van der Waals surface area contributed by atoms with E-state index in [0.29, 0.717) is 19.0 Å². The van der Waals surface area contributed by atoms with Crippen molar-refractivity contribution in [3.05, 3.63) is 0 Å². The van der Waals surface area contributed by atoms with Gasteiger partial charge in [0.15, 0.2) is 0 Å². The summed E-state index contributed by atoms with van der Waals surface area (Å²) in [6.07, 6.45) is -1.11. The molecule has 0 radical (unpaired) electrons. The second kappa shape index (κ2) is 4.72. The first-order valence-corrected chi connectivity index (χ1v) is 4.43. The molecule has 1 aliphatic rings. The van der Waals surface area contributed by atoms with Gasteiger partial charge in [0.25, 0.3) is 0 Å². The van der Waals surface area contributed by atoms with Crippen LogP contribution in [0.5, 0.6) is 0 Å². The van der Waals surface area contributed by atoms with E-state index >= 15 is 0 Å². The smallest absolute Gasteiger partial charge is 0.239 e. The van der Waals surface area contributed by atoms with Gasteiger partial charge in [-0.05, 0) is 18.9 Å². The maximum absolute atomic E-state index is 11.8. The summed E-state index contributed by atoms with van der Waals surface area (Å²) in [6, 6.07) is 0. The summed E-state index contributed by atoms with van der Waals surface area (Å²) >= 11 is 0. The Kier molecular flexibility index (Phi) is 3.88. The highest BCUT2D eigenvalue weighted by Gasteiger charge is 2.25. The molecule has 1 fully saturated rings. The van der Waals surface area contributed by atoms with Crippen LogP contribution in [0.25, 0.3) is 0 Å². The van der Waals surface area contributed by atoms with Crippen molar-refractivity contribution in [2.45, 2.75) is 19.3 Å². The van der Waals surface area contributed by atoms with Crippen LogP contribution in [0.1, 0.15) is 12.8 Å². The van der Waals surface area contributed by atoms with Gasteiger partial charge in [-0.2, -0.15) is 0 Å². The normalized spacial score (nSPS) is 20.0. The van der Waals surface area contributed by atoms with Gasteiger partial charge in [0.2, 0.25) is 6.43 Å². The third-order valence-electron chi connectivity index (χ3n) is 2.27. The highest BCUT2D eigenvalue weighted by Crippen LogP contribution is 2.18. The molecule has 12 heavy (non-hydrogen) atoms. The zero-order chi connectivity index (χ0) is 8.97. The van der Waals surface area contributed by atoms with Crippen LogP contribution in [0, 0.1) is 5.92 Å². The summed E-state index contributed by atoms with van der Waals surface area (Å²) in [5.41, 5.74) is 5.37. The Morgan fingerprint density at radius 1 is 1.42 bits per heavy atom. The van der Waals surface area contributed by atoms with Crippen molar-refractivity contribution in [2.75, 3.05) is 26.2 Å². The van der Waals surface area contributed by atoms with Crippen molar-refractivity contribution in [3.63, 3.8) is 0 Å². The fraction of sp³-hybridized carbons (Fsp3) is 1.00. The molecule has 2 nitrogen and oxygen atoms in total. The summed E-state index contributed by atoms with van der Waals surface area (Å²) in [6.45, 7) is 3.18. The van der Waals surface area contributed by atoms with Crippen molar-refractivity contribution < 1.29 is 8.78 Å². The van der Waals surface area contributed by atoms with E-state index in [9.17, 15) is 8.78 Å². The van der Waals surface area contributed by atoms with E-state index < -0.39 is 6.43 Å². The van der Waals surface area contributed by atoms with Gasteiger partial charge in [-0.25, -0.2) is 8.78 Å². The van der Waals surface area contributed by atoms with Gasteiger partial charge >= 0.3 is 0 Å². The Bertz CT molecular complexity index is 124. The number of rotatable bonds is 5. The summed E-state index contributed by atoms with van der Waals surface area (Å²) in [4.78, 5) is 2.06. The first-order chi connectivity index (χ1) is 5.72. The second-order valence-electron chi connectivity index (χ2n) is 3.38. The molecule has 1 rings (SSSR count). The Morgan fingerprint density at radius 2 is 2.08 bits per heavy atom. The van der Waals surface area contributed by atoms with Gasteiger partial charge in [0.05, 0.1) is 0 Å². The lowest BCUT2D eigenvalue weighted by Gasteiger charge is -2.39. The largest absolute Gasteiger partial charge is 0.330 e. The average molecular weight is 178 g/mol. The third-order valence-corrected chi connectivity index (χ3v) is 2.27. The number of alkyl halides is 2. The molecule has 1 aliphatic heterocycles. The van der Waals surface area contributed by atoms with Gasteiger partial charge in [-0.15, -0.1) is 0 Å². The van der Waals surface area contributed by atoms with Crippen molar-refractivity contribution in [1.82, 2.24) is 4.90 Å². The molecule has 0 unspecified atom stereocenters. The van der Waals surface area contributed by atoms with Crippen LogP contribution in [0.3, 0.4) is 0 Å². The van der Waals surface area contributed by atoms with E-state index in [4.69, 9.17) is 5.73 Å². The van der Waals surface area contributed by atoms with Crippen molar-refractivity contribution in [1.29, 1.82) is 0 Å². The van der Waals surface area contributed by atoms with Gasteiger partial charge in [0.1, 0.15) is 0 Å². The van der Waals surface area contributed by atoms with Crippen LogP contribution < -0.4 is 5.73 Å². The first-order valence-electron chi connectivity index (χ1n) is 4.43. The fourth-order valence-electron chi connectivity index (χ4n) is 1.56. The van der Waals surface area contributed by atoms with Crippen molar-refractivity contribution in [3.8, 4) is 0 Å². The zero-order valence-corrected chi connectivity index (χ0v) is 7.18. The quantitative estimate of drug-likeness (QED) is 0.678. The molecule has 2 N–H and O–H groups in total. The topological polar surface area (TPSA) is 29.3 Å². The summed E-state index contributed by atoms with van der Waals surface area (Å²) < 4.78 is 23.5. The van der Waals surface area contributed by atoms with Gasteiger partial charge in [-0.1, -0.05) is 0 Å². The van der Waals surface area contributed by atoms with Gasteiger partial charge in [0, 0.05) is 26.1 Å². The van der Waals surface area contributed by atoms with Crippen molar-refractivity contribution >= 4 is 0 Å². The molecular formula is C8H16F2N2. The first kappa shape index (κ1) is 9.86. The summed E-state index contributed by atoms with van der Waals surface area (Å²) in [5, 5.41) is 0. The molecule has 0 atom stereocenters. The predicted octanol–water partition coefficient (Wildman–Crippen LogP) is 0.922. The minimum absolute atomic E-state index is 0.00927. The molecule has 0 amide bonds. The molecular weight excluding hydrogens is 162 g/mol. The minimum Gasteiger partial charge on any atom is -0.330 e. The van der Waals surface area contributed by atoms with Crippen molar-refractivity contribution in [2.24, 2.45) is 11.7 Å². The fourth-order valence-corrected chi connectivity index (χ4v) is 1.56. The van der Waals surface area contributed by atoms with Crippen LogP contribution in [-0.2, 0) is 0 Å². The zero-order valence-electron chi connectivity index (χ0n) is 7.18. The number of nitrogens with two attached hydrogens (primary N) is 1. The molecule has 4 heteroatoms. The summed E-state index contributed by atoms with van der Waals surface area (Å²) in [7, 11) is 0. The maximum Gasteiger partial charge on any atom is 0.239 e. The molecule has 0 bridgehead atoms. The Labute approximate surface area is 71.7 Å². The van der Waals surface area contributed by atoms with Crippen LogP contribution in [0.2, 0.25) is 0 Å². The predicted molar refractivity (Wildman–Crippen MR) is 44.2 cm³/mol. The van der Waals surface area contributed by atoms with E-state index in [2.05, 4.69) is 4.90 Å². The number of likely N-dealkylation sites (tertiary alicyclic amines) is 1. The summed E-state index contributed by atoms with van der Waals surface area (Å²) in [5.74, 6) is 0.660. The molecule has 0 aromatic carbocycles. The molecule has 0 aromatic heterocycles. The molecule has 0 spiro atoms. The minimum atomic E-state index is -2.15. The standard InChI is InChI=1S/C8H16F2N2/c9-8(10)2-4-12-5-7(6-12)1-3-11/h7-8H,1-6,11H2. The van der Waals surface area contributed by atoms with E-state index in [-0.39, 0.29) is 6.42 Å². The SMILES string of the molecule is NCCC1CN(CCC(F)F)C1. The van der Waals surface area contributed by atoms with E-state index in [0.717, 1.165) is 19.5 Å². The van der Waals surface area contributed by atoms with Gasteiger partial charge < -0.3 is 10.6 Å². The molecule has 0 saturated carbocycles. The Balaban J connectivity index is 1.95. The Morgan fingerprint density at radius 3 is 2.58 bits per heavy atom. The number of hydrogen-bond acceptors (Lipinski definition) is 2. The highest BCUT2D eigenvalue weighted by molar-refractivity contribution is 4.79. The lowest BCUT2D eigenvalue weighted by atomic mass is 9.96. The monoisotopic (exact) mass is 178 g/mol. The second-order valence-corrected chi connectivity index (χ2v) is 3.38. The molecule has 0 aromatic rings. The van der Waals surface area contributed by atoms with Crippen LogP contribution in [0.15, 0.2) is 0 Å². The van der Waals surface area contributed by atoms with Crippen LogP contribution in [-0.4, -0.2) is 37.5 Å². The average Bonchev–Trinajstić information content (AvgIpc) is 1.93. The lowest BCUT2D eigenvalue weighted by Crippen LogP contribution is -2.47. The number of halogens is 2. The highest BCUT2D eigenvalue weighted by atomic mass is 19.3. The molecule has 72 valence electrons. The van der Waals surface area contributed by atoms with E-state index in [1.165, 1.54) is 0 Å². The molecule has 1 saturated heterocycles. The van der Waals surface area contributed by atoms with Crippen LogP contribution >= 0.6 is 0 Å². The van der Waals surface area contributed by atoms with Crippen LogP contribution in [0.4, 0.5) is 8.78 Å². The van der Waals surface area contributed by atoms with Gasteiger partial charge in [-0.3, -0.25) is 0 Å². The number of nitrogens with zero attached hydrogens (tertiary/aromatic N) is 1. The van der Waals surface area contributed by atoms with E-state index in [1.54, 1.807) is 0 Å². The lowest BCUT2D eigenvalue weighted by molar-refractivity contribution is 0.0601. The maximum atomic E-state index is 11.8. The molecule has 0 aliphatic carbocycles. The number of hydrogen-bond donors (Lipinski definition) is 1.